The largest absolute Gasteiger partial charge is 0.493 e. The van der Waals surface area contributed by atoms with E-state index in [2.05, 4.69) is 5.32 Å². The van der Waals surface area contributed by atoms with Gasteiger partial charge in [-0.05, 0) is 42.3 Å². The summed E-state index contributed by atoms with van der Waals surface area (Å²) < 4.78 is 31.8. The van der Waals surface area contributed by atoms with Crippen molar-refractivity contribution in [2.75, 3.05) is 26.0 Å². The van der Waals surface area contributed by atoms with Crippen molar-refractivity contribution in [1.29, 1.82) is 0 Å². The van der Waals surface area contributed by atoms with Gasteiger partial charge in [-0.1, -0.05) is 48.5 Å². The highest BCUT2D eigenvalue weighted by Gasteiger charge is 2.25. The van der Waals surface area contributed by atoms with E-state index in [1.807, 2.05) is 30.3 Å². The number of nitrogens with zero attached hydrogens (tertiary/aromatic N) is 1. The molecule has 0 unspecified atom stereocenters. The topological polar surface area (TPSA) is 75.7 Å². The molecular weight excluding hydrogens is 412 g/mol. The Kier molecular flexibility index (Phi) is 6.97. The van der Waals surface area contributed by atoms with Gasteiger partial charge >= 0.3 is 0 Å². The fourth-order valence-electron chi connectivity index (χ4n) is 3.26. The second-order valence-corrected chi connectivity index (χ2v) is 9.17. The smallest absolute Gasteiger partial charge is 0.241 e. The van der Waals surface area contributed by atoms with Crippen molar-refractivity contribution in [1.82, 2.24) is 4.90 Å². The average molecular weight is 439 g/mol. The number of hydrogen-bond acceptors (Lipinski definition) is 5. The van der Waals surface area contributed by atoms with E-state index < -0.39 is 9.84 Å². The Morgan fingerprint density at radius 2 is 1.61 bits per heavy atom. The summed E-state index contributed by atoms with van der Waals surface area (Å²) in [5.74, 6) is 0.0628. The molecule has 0 aliphatic heterocycles. The van der Waals surface area contributed by atoms with E-state index in [0.717, 1.165) is 11.1 Å². The lowest BCUT2D eigenvalue weighted by molar-refractivity contribution is -0.128. The number of methoxy groups -OCH3 is 1. The molecule has 0 aromatic heterocycles. The van der Waals surface area contributed by atoms with Crippen molar-refractivity contribution in [3.63, 3.8) is 0 Å². The monoisotopic (exact) mass is 438 g/mol. The molecular formula is C24H26N2O4S. The number of carbonyl (C=O) groups is 1. The summed E-state index contributed by atoms with van der Waals surface area (Å²) in [7, 11) is -0.631. The molecule has 0 fully saturated rings. The third kappa shape index (κ3) is 5.24. The normalized spacial score (nSPS) is 11.1. The maximum absolute atomic E-state index is 13.2. The van der Waals surface area contributed by atoms with Gasteiger partial charge in [0.1, 0.15) is 4.90 Å². The SMILES string of the molecule is COc1c(NCC(=O)N(C)Cc2ccccc2)cc(C)cc1S(=O)(=O)c1ccccc1. The zero-order chi connectivity index (χ0) is 22.4. The van der Waals surface area contributed by atoms with Crippen molar-refractivity contribution in [3.05, 3.63) is 83.9 Å². The Morgan fingerprint density at radius 3 is 2.23 bits per heavy atom. The molecule has 0 aliphatic carbocycles. The maximum Gasteiger partial charge on any atom is 0.241 e. The zero-order valence-electron chi connectivity index (χ0n) is 17.8. The molecule has 0 atom stereocenters. The van der Waals surface area contributed by atoms with Crippen LogP contribution in [-0.4, -0.2) is 39.9 Å². The van der Waals surface area contributed by atoms with E-state index in [4.69, 9.17) is 4.74 Å². The lowest BCUT2D eigenvalue weighted by Crippen LogP contribution is -2.31. The van der Waals surface area contributed by atoms with Crippen molar-refractivity contribution >= 4 is 21.4 Å². The Bertz CT molecular complexity index is 1150. The summed E-state index contributed by atoms with van der Waals surface area (Å²) in [5.41, 5.74) is 2.23. The van der Waals surface area contributed by atoms with Crippen LogP contribution in [0, 0.1) is 6.92 Å². The number of anilines is 1. The van der Waals surface area contributed by atoms with Crippen molar-refractivity contribution in [2.45, 2.75) is 23.3 Å². The predicted molar refractivity (Wildman–Crippen MR) is 121 cm³/mol. The average Bonchev–Trinajstić information content (AvgIpc) is 2.78. The minimum absolute atomic E-state index is 0.00791. The van der Waals surface area contributed by atoms with Crippen molar-refractivity contribution in [3.8, 4) is 5.75 Å². The number of sulfone groups is 1. The number of hydrogen-bond donors (Lipinski definition) is 1. The molecule has 3 aromatic carbocycles. The Hall–Kier alpha value is -3.32. The molecule has 0 saturated heterocycles. The molecule has 1 amide bonds. The number of benzene rings is 3. The summed E-state index contributed by atoms with van der Waals surface area (Å²) in [6.45, 7) is 2.30. The first-order valence-corrected chi connectivity index (χ1v) is 11.3. The first-order valence-electron chi connectivity index (χ1n) is 9.83. The van der Waals surface area contributed by atoms with Gasteiger partial charge in [-0.15, -0.1) is 0 Å². The van der Waals surface area contributed by atoms with E-state index in [1.54, 1.807) is 61.3 Å². The summed E-state index contributed by atoms with van der Waals surface area (Å²) in [6.07, 6.45) is 0. The molecule has 0 saturated carbocycles. The Morgan fingerprint density at radius 1 is 1.00 bits per heavy atom. The Balaban J connectivity index is 1.83. The molecule has 162 valence electrons. The third-order valence-corrected chi connectivity index (χ3v) is 6.64. The van der Waals surface area contributed by atoms with Gasteiger partial charge in [-0.3, -0.25) is 4.79 Å². The quantitative estimate of drug-likeness (QED) is 0.577. The van der Waals surface area contributed by atoms with Gasteiger partial charge in [0.25, 0.3) is 0 Å². The molecule has 31 heavy (non-hydrogen) atoms. The summed E-state index contributed by atoms with van der Waals surface area (Å²) in [4.78, 5) is 14.5. The molecule has 3 rings (SSSR count). The lowest BCUT2D eigenvalue weighted by atomic mass is 10.2. The minimum Gasteiger partial charge on any atom is -0.493 e. The van der Waals surface area contributed by atoms with Gasteiger partial charge in [0.2, 0.25) is 15.7 Å². The number of carbonyl (C=O) groups excluding carboxylic acids is 1. The van der Waals surface area contributed by atoms with Gasteiger partial charge in [-0.2, -0.15) is 0 Å². The van der Waals surface area contributed by atoms with Crippen LogP contribution in [0.1, 0.15) is 11.1 Å². The predicted octanol–water partition coefficient (Wildman–Crippen LogP) is 3.91. The molecule has 0 spiro atoms. The van der Waals surface area contributed by atoms with Crippen LogP contribution in [0.25, 0.3) is 0 Å². The highest BCUT2D eigenvalue weighted by atomic mass is 32.2. The van der Waals surface area contributed by atoms with Gasteiger partial charge in [-0.25, -0.2) is 8.42 Å². The van der Waals surface area contributed by atoms with Crippen LogP contribution in [0.3, 0.4) is 0 Å². The molecule has 0 aliphatic rings. The van der Waals surface area contributed by atoms with E-state index in [1.165, 1.54) is 7.11 Å². The molecule has 3 aromatic rings. The number of likely N-dealkylation sites (N-methyl/N-ethyl adjacent to an activating group) is 1. The summed E-state index contributed by atoms with van der Waals surface area (Å²) in [5, 5.41) is 3.05. The lowest BCUT2D eigenvalue weighted by Gasteiger charge is -2.20. The van der Waals surface area contributed by atoms with Gasteiger partial charge in [0.05, 0.1) is 24.2 Å². The molecule has 6 nitrogen and oxygen atoms in total. The van der Waals surface area contributed by atoms with Gasteiger partial charge in [0, 0.05) is 13.6 Å². The van der Waals surface area contributed by atoms with Crippen molar-refractivity contribution < 1.29 is 17.9 Å². The molecule has 0 radical (unpaired) electrons. The number of nitrogens with one attached hydrogen (secondary N) is 1. The highest BCUT2D eigenvalue weighted by Crippen LogP contribution is 2.36. The van der Waals surface area contributed by atoms with Gasteiger partial charge in [0.15, 0.2) is 5.75 Å². The summed E-state index contributed by atoms with van der Waals surface area (Å²) >= 11 is 0. The van der Waals surface area contributed by atoms with Crippen LogP contribution in [0.2, 0.25) is 0 Å². The highest BCUT2D eigenvalue weighted by molar-refractivity contribution is 7.91. The number of aryl methyl sites for hydroxylation is 1. The van der Waals surface area contributed by atoms with Crippen LogP contribution >= 0.6 is 0 Å². The number of ether oxygens (including phenoxy) is 1. The minimum atomic E-state index is -3.78. The van der Waals surface area contributed by atoms with E-state index in [9.17, 15) is 13.2 Å². The number of amides is 1. The maximum atomic E-state index is 13.2. The van der Waals surface area contributed by atoms with Crippen LogP contribution in [0.4, 0.5) is 5.69 Å². The first-order chi connectivity index (χ1) is 14.8. The first kappa shape index (κ1) is 22.4. The molecule has 0 heterocycles. The van der Waals surface area contributed by atoms with Gasteiger partial charge < -0.3 is 15.0 Å². The van der Waals surface area contributed by atoms with Crippen LogP contribution in [0.5, 0.6) is 5.75 Å². The van der Waals surface area contributed by atoms with E-state index in [-0.39, 0.29) is 28.0 Å². The third-order valence-electron chi connectivity index (χ3n) is 4.86. The molecule has 7 heteroatoms. The second kappa shape index (κ2) is 9.66. The van der Waals surface area contributed by atoms with Crippen LogP contribution < -0.4 is 10.1 Å². The van der Waals surface area contributed by atoms with E-state index in [0.29, 0.717) is 12.2 Å². The fraction of sp³-hybridized carbons (Fsp3) is 0.208. The summed E-state index contributed by atoms with van der Waals surface area (Å²) in [6, 6.07) is 21.3. The van der Waals surface area contributed by atoms with Crippen LogP contribution in [0.15, 0.2) is 82.6 Å². The van der Waals surface area contributed by atoms with E-state index >= 15 is 0 Å². The zero-order valence-corrected chi connectivity index (χ0v) is 18.6. The standard InChI is InChI=1S/C24H26N2O4S/c1-18-14-21(25-16-23(27)26(2)17-19-10-6-4-7-11-19)24(30-3)22(15-18)31(28,29)20-12-8-5-9-13-20/h4-15,25H,16-17H2,1-3H3. The van der Waals surface area contributed by atoms with Crippen LogP contribution in [-0.2, 0) is 21.2 Å². The number of rotatable bonds is 8. The van der Waals surface area contributed by atoms with Crippen molar-refractivity contribution in [2.24, 2.45) is 0 Å². The Labute approximate surface area is 183 Å². The second-order valence-electron chi connectivity index (χ2n) is 7.25. The fourth-order valence-corrected chi connectivity index (χ4v) is 4.81. The molecule has 0 bridgehead atoms. The molecule has 1 N–H and O–H groups in total.